The van der Waals surface area contributed by atoms with Crippen LogP contribution >= 0.6 is 12.2 Å². The van der Waals surface area contributed by atoms with E-state index in [1.165, 1.54) is 6.08 Å². The van der Waals surface area contributed by atoms with E-state index in [1.54, 1.807) is 13.0 Å². The van der Waals surface area contributed by atoms with E-state index < -0.39 is 12.0 Å². The van der Waals surface area contributed by atoms with Crippen LogP contribution in [0.5, 0.6) is 0 Å². The Kier molecular flexibility index (Phi) is 8.09. The van der Waals surface area contributed by atoms with E-state index in [0.717, 1.165) is 12.5 Å². The fourth-order valence-electron chi connectivity index (χ4n) is 0.942. The van der Waals surface area contributed by atoms with E-state index >= 15 is 0 Å². The van der Waals surface area contributed by atoms with Gasteiger partial charge < -0.3 is 5.32 Å². The second kappa shape index (κ2) is 8.53. The zero-order chi connectivity index (χ0) is 11.7. The van der Waals surface area contributed by atoms with Gasteiger partial charge in [-0.15, -0.1) is 0 Å². The maximum Gasteiger partial charge on any atom is 0.139 e. The van der Waals surface area contributed by atoms with Crippen molar-refractivity contribution in [2.24, 2.45) is 0 Å². The molecule has 0 radical (unpaired) electrons. The third-order valence-corrected chi connectivity index (χ3v) is 2.16. The van der Waals surface area contributed by atoms with Gasteiger partial charge in [0.2, 0.25) is 0 Å². The molecule has 86 valence electrons. The lowest BCUT2D eigenvalue weighted by molar-refractivity contribution is 0.453. The second-order valence-corrected chi connectivity index (χ2v) is 3.53. The van der Waals surface area contributed by atoms with Crippen molar-refractivity contribution in [3.05, 3.63) is 24.1 Å². The number of rotatable bonds is 6. The largest absolute Gasteiger partial charge is 0.379 e. The molecule has 0 aromatic heterocycles. The molecule has 0 aliphatic carbocycles. The van der Waals surface area contributed by atoms with Crippen molar-refractivity contribution < 1.29 is 8.78 Å². The molecule has 0 fully saturated rings. The number of alkyl halides is 1. The molecule has 15 heavy (non-hydrogen) atoms. The summed E-state index contributed by atoms with van der Waals surface area (Å²) in [6.45, 7) is 4.03. The lowest BCUT2D eigenvalue weighted by Crippen LogP contribution is -2.21. The molecule has 0 saturated heterocycles. The summed E-state index contributed by atoms with van der Waals surface area (Å²) >= 11 is 4.90. The summed E-state index contributed by atoms with van der Waals surface area (Å²) in [5.74, 6) is -0.452. The zero-order valence-electron chi connectivity index (χ0n) is 9.09. The number of nitrogens with one attached hydrogen (secondary N) is 1. The summed E-state index contributed by atoms with van der Waals surface area (Å²) in [4.78, 5) is 0.702. The van der Waals surface area contributed by atoms with E-state index in [9.17, 15) is 8.78 Å². The molecular weight excluding hydrogens is 216 g/mol. The molecule has 0 aromatic carbocycles. The van der Waals surface area contributed by atoms with Crippen LogP contribution in [0, 0.1) is 0 Å². The van der Waals surface area contributed by atoms with E-state index in [-0.39, 0.29) is 6.42 Å². The van der Waals surface area contributed by atoms with Gasteiger partial charge in [-0.05, 0) is 19.4 Å². The van der Waals surface area contributed by atoms with Crippen LogP contribution in [0.2, 0.25) is 0 Å². The highest BCUT2D eigenvalue weighted by atomic mass is 32.1. The standard InChI is InChI=1S/C11H17F2NS/c1-3-5-9(12)8-10(13)6-7-14-11(15)4-2/h3,5,8-9H,4,6-7H2,1-2H3,(H,14,15)/b5-3-,10-8?. The smallest absolute Gasteiger partial charge is 0.139 e. The van der Waals surface area contributed by atoms with Crippen molar-refractivity contribution in [2.75, 3.05) is 6.54 Å². The van der Waals surface area contributed by atoms with Gasteiger partial charge in [-0.3, -0.25) is 0 Å². The van der Waals surface area contributed by atoms with Gasteiger partial charge in [-0.25, -0.2) is 8.78 Å². The average molecular weight is 233 g/mol. The van der Waals surface area contributed by atoms with Gasteiger partial charge in [0.05, 0.1) is 4.99 Å². The molecule has 4 heteroatoms. The minimum absolute atomic E-state index is 0.165. The van der Waals surface area contributed by atoms with Crippen LogP contribution in [-0.4, -0.2) is 17.7 Å². The molecule has 1 N–H and O–H groups in total. The number of hydrogen-bond acceptors (Lipinski definition) is 1. The number of hydrogen-bond donors (Lipinski definition) is 1. The van der Waals surface area contributed by atoms with E-state index in [4.69, 9.17) is 12.2 Å². The van der Waals surface area contributed by atoms with E-state index in [0.29, 0.717) is 11.5 Å². The van der Waals surface area contributed by atoms with Crippen LogP contribution < -0.4 is 5.32 Å². The Morgan fingerprint density at radius 3 is 2.73 bits per heavy atom. The Bertz CT molecular complexity index is 249. The highest BCUT2D eigenvalue weighted by Gasteiger charge is 2.01. The normalized spacial score (nSPS) is 14.3. The van der Waals surface area contributed by atoms with Gasteiger partial charge in [0.25, 0.3) is 0 Å². The first-order valence-corrected chi connectivity index (χ1v) is 5.40. The molecule has 0 aliphatic heterocycles. The van der Waals surface area contributed by atoms with E-state index in [1.807, 2.05) is 6.92 Å². The maximum absolute atomic E-state index is 13.0. The van der Waals surface area contributed by atoms with Gasteiger partial charge in [0, 0.05) is 13.0 Å². The molecular formula is C11H17F2NS. The van der Waals surface area contributed by atoms with Crippen molar-refractivity contribution in [1.82, 2.24) is 5.32 Å². The fraction of sp³-hybridized carbons (Fsp3) is 0.545. The van der Waals surface area contributed by atoms with Crippen LogP contribution in [-0.2, 0) is 0 Å². The number of thiocarbonyl (C=S) groups is 1. The molecule has 0 spiro atoms. The molecule has 1 unspecified atom stereocenters. The first-order chi connectivity index (χ1) is 7.10. The number of allylic oxidation sites excluding steroid dienone is 3. The van der Waals surface area contributed by atoms with Gasteiger partial charge in [-0.1, -0.05) is 31.3 Å². The second-order valence-electron chi connectivity index (χ2n) is 3.04. The molecule has 0 bridgehead atoms. The van der Waals surface area contributed by atoms with Crippen LogP contribution in [0.4, 0.5) is 8.78 Å². The summed E-state index contributed by atoms with van der Waals surface area (Å²) in [5.41, 5.74) is 0. The molecule has 0 heterocycles. The van der Waals surface area contributed by atoms with Gasteiger partial charge in [0.1, 0.15) is 12.0 Å². The number of halogens is 2. The topological polar surface area (TPSA) is 12.0 Å². The van der Waals surface area contributed by atoms with Crippen molar-refractivity contribution in [3.8, 4) is 0 Å². The highest BCUT2D eigenvalue weighted by Crippen LogP contribution is 2.07. The predicted octanol–water partition coefficient (Wildman–Crippen LogP) is 3.47. The fourth-order valence-corrected chi connectivity index (χ4v) is 1.04. The van der Waals surface area contributed by atoms with Gasteiger partial charge >= 0.3 is 0 Å². The van der Waals surface area contributed by atoms with Crippen molar-refractivity contribution in [1.29, 1.82) is 0 Å². The molecule has 0 aromatic rings. The Morgan fingerprint density at radius 1 is 1.53 bits per heavy atom. The molecule has 1 nitrogen and oxygen atoms in total. The van der Waals surface area contributed by atoms with Crippen LogP contribution in [0.15, 0.2) is 24.1 Å². The summed E-state index contributed by atoms with van der Waals surface area (Å²) in [6, 6.07) is 0. The minimum Gasteiger partial charge on any atom is -0.379 e. The van der Waals surface area contributed by atoms with E-state index in [2.05, 4.69) is 5.32 Å². The molecule has 1 atom stereocenters. The first-order valence-electron chi connectivity index (χ1n) is 5.00. The third-order valence-electron chi connectivity index (χ3n) is 1.72. The molecule has 0 rings (SSSR count). The lowest BCUT2D eigenvalue weighted by atomic mass is 10.2. The van der Waals surface area contributed by atoms with Crippen LogP contribution in [0.25, 0.3) is 0 Å². The Balaban J connectivity index is 3.82. The monoisotopic (exact) mass is 233 g/mol. The Labute approximate surface area is 95.2 Å². The maximum atomic E-state index is 13.0. The minimum atomic E-state index is -1.34. The Morgan fingerprint density at radius 2 is 2.20 bits per heavy atom. The van der Waals surface area contributed by atoms with Crippen LogP contribution in [0.3, 0.4) is 0 Å². The predicted molar refractivity (Wildman–Crippen MR) is 64.4 cm³/mol. The summed E-state index contributed by atoms with van der Waals surface area (Å²) in [5, 5.41) is 2.88. The van der Waals surface area contributed by atoms with Crippen molar-refractivity contribution >= 4 is 17.2 Å². The van der Waals surface area contributed by atoms with Gasteiger partial charge in [-0.2, -0.15) is 0 Å². The molecule has 0 saturated carbocycles. The first kappa shape index (κ1) is 14.2. The zero-order valence-corrected chi connectivity index (χ0v) is 9.91. The molecule has 0 amide bonds. The SMILES string of the molecule is C/C=C\C(F)C=C(F)CCNC(=S)CC. The van der Waals surface area contributed by atoms with Crippen LogP contribution in [0.1, 0.15) is 26.7 Å². The summed E-state index contributed by atoms with van der Waals surface area (Å²) in [7, 11) is 0. The molecule has 0 aliphatic rings. The van der Waals surface area contributed by atoms with Gasteiger partial charge in [0.15, 0.2) is 0 Å². The summed E-state index contributed by atoms with van der Waals surface area (Å²) in [6.07, 6.45) is 3.38. The quantitative estimate of drug-likeness (QED) is 0.557. The third kappa shape index (κ3) is 8.24. The van der Waals surface area contributed by atoms with Crippen molar-refractivity contribution in [2.45, 2.75) is 32.9 Å². The average Bonchev–Trinajstić information content (AvgIpc) is 2.17. The summed E-state index contributed by atoms with van der Waals surface area (Å²) < 4.78 is 25.9. The Hall–Kier alpha value is -0.770. The van der Waals surface area contributed by atoms with Crippen molar-refractivity contribution in [3.63, 3.8) is 0 Å². The highest BCUT2D eigenvalue weighted by molar-refractivity contribution is 7.80. The lowest BCUT2D eigenvalue weighted by Gasteiger charge is -2.04.